The van der Waals surface area contributed by atoms with Crippen molar-refractivity contribution in [1.82, 2.24) is 4.90 Å². The molecule has 5 heteroatoms. The quantitative estimate of drug-likeness (QED) is 0.545. The van der Waals surface area contributed by atoms with Crippen LogP contribution >= 0.6 is 0 Å². The van der Waals surface area contributed by atoms with Gasteiger partial charge in [0.2, 0.25) is 0 Å². The summed E-state index contributed by atoms with van der Waals surface area (Å²) >= 11 is 0. The molecule has 1 aliphatic rings. The van der Waals surface area contributed by atoms with Crippen LogP contribution in [0.5, 0.6) is 0 Å². The standard InChI is InChI=1S/C11H20N4O/c1-9(7-11(13)14-10(2)12)8-15-3-5-16-6-4-15/h7H,3-6,8H2,1-2H3,(H3,12,13,14)/b9-7+. The fourth-order valence-corrected chi connectivity index (χ4v) is 1.61. The smallest absolute Gasteiger partial charge is 0.146 e. The topological polar surface area (TPSA) is 74.7 Å². The zero-order valence-electron chi connectivity index (χ0n) is 9.99. The highest BCUT2D eigenvalue weighted by Crippen LogP contribution is 2.02. The number of morpholine rings is 1. The lowest BCUT2D eigenvalue weighted by atomic mass is 10.2. The van der Waals surface area contributed by atoms with E-state index in [0.717, 1.165) is 38.4 Å². The first kappa shape index (κ1) is 12.9. The number of hydrogen-bond acceptors (Lipinski definition) is 3. The Morgan fingerprint density at radius 2 is 2.06 bits per heavy atom. The number of aliphatic imine (C=N–C) groups is 1. The number of ether oxygens (including phenoxy) is 1. The van der Waals surface area contributed by atoms with Crippen LogP contribution in [0.1, 0.15) is 13.8 Å². The fourth-order valence-electron chi connectivity index (χ4n) is 1.61. The number of rotatable bonds is 3. The van der Waals surface area contributed by atoms with Gasteiger partial charge in [-0.1, -0.05) is 5.57 Å². The lowest BCUT2D eigenvalue weighted by Crippen LogP contribution is -2.37. The van der Waals surface area contributed by atoms with Crippen LogP contribution < -0.4 is 5.73 Å². The molecule has 5 nitrogen and oxygen atoms in total. The number of nitrogens with zero attached hydrogens (tertiary/aromatic N) is 2. The van der Waals surface area contributed by atoms with Crippen LogP contribution in [0.15, 0.2) is 16.6 Å². The molecular formula is C11H20N4O. The van der Waals surface area contributed by atoms with E-state index in [2.05, 4.69) is 9.89 Å². The molecule has 3 N–H and O–H groups in total. The number of hydrogen-bond donors (Lipinski definition) is 2. The Morgan fingerprint density at radius 3 is 2.62 bits per heavy atom. The molecule has 0 aliphatic carbocycles. The first-order valence-electron chi connectivity index (χ1n) is 5.44. The molecule has 1 heterocycles. The normalized spacial score (nSPS) is 19.9. The van der Waals surface area contributed by atoms with E-state index < -0.39 is 0 Å². The lowest BCUT2D eigenvalue weighted by Gasteiger charge is -2.26. The zero-order valence-corrected chi connectivity index (χ0v) is 9.99. The van der Waals surface area contributed by atoms with Crippen molar-refractivity contribution in [2.45, 2.75) is 13.8 Å². The molecule has 0 bridgehead atoms. The van der Waals surface area contributed by atoms with E-state index in [1.807, 2.05) is 6.92 Å². The minimum Gasteiger partial charge on any atom is -0.387 e. The Balaban J connectivity index is 2.43. The van der Waals surface area contributed by atoms with E-state index in [9.17, 15) is 0 Å². The first-order valence-corrected chi connectivity index (χ1v) is 5.44. The molecular weight excluding hydrogens is 204 g/mol. The molecule has 1 rings (SSSR count). The van der Waals surface area contributed by atoms with Crippen molar-refractivity contribution in [3.8, 4) is 0 Å². The summed E-state index contributed by atoms with van der Waals surface area (Å²) in [5.41, 5.74) is 6.53. The van der Waals surface area contributed by atoms with E-state index in [0.29, 0.717) is 5.84 Å². The summed E-state index contributed by atoms with van der Waals surface area (Å²) in [5.74, 6) is 0.631. The highest BCUT2D eigenvalue weighted by molar-refractivity contribution is 6.00. The second-order valence-corrected chi connectivity index (χ2v) is 4.02. The molecule has 0 atom stereocenters. The highest BCUT2D eigenvalue weighted by atomic mass is 16.5. The van der Waals surface area contributed by atoms with Crippen molar-refractivity contribution < 1.29 is 4.74 Å². The molecule has 1 saturated heterocycles. The summed E-state index contributed by atoms with van der Waals surface area (Å²) < 4.78 is 5.27. The summed E-state index contributed by atoms with van der Waals surface area (Å²) in [5, 5.41) is 7.58. The van der Waals surface area contributed by atoms with Crippen LogP contribution in [0.4, 0.5) is 0 Å². The maximum atomic E-state index is 7.58. The van der Waals surface area contributed by atoms with Crippen molar-refractivity contribution in [3.63, 3.8) is 0 Å². The molecule has 16 heavy (non-hydrogen) atoms. The van der Waals surface area contributed by atoms with Gasteiger partial charge in [0.1, 0.15) is 5.84 Å². The molecule has 0 spiro atoms. The molecule has 1 fully saturated rings. The largest absolute Gasteiger partial charge is 0.387 e. The Labute approximate surface area is 96.5 Å². The van der Waals surface area contributed by atoms with Gasteiger partial charge in [0.05, 0.1) is 19.0 Å². The summed E-state index contributed by atoms with van der Waals surface area (Å²) in [6.45, 7) is 8.06. The fraction of sp³-hybridized carbons (Fsp3) is 0.636. The SMILES string of the molecule is CC(N)=NC(=N)/C=C(\C)CN1CCOCC1. The number of nitrogens with one attached hydrogen (secondary N) is 1. The van der Waals surface area contributed by atoms with Crippen LogP contribution in [0.25, 0.3) is 0 Å². The van der Waals surface area contributed by atoms with Crippen LogP contribution in [0, 0.1) is 5.41 Å². The molecule has 1 aliphatic heterocycles. The van der Waals surface area contributed by atoms with Gasteiger partial charge in [0.15, 0.2) is 0 Å². The third kappa shape index (κ3) is 5.04. The maximum Gasteiger partial charge on any atom is 0.146 e. The predicted molar refractivity (Wildman–Crippen MR) is 66.0 cm³/mol. The van der Waals surface area contributed by atoms with Gasteiger partial charge in [-0.25, -0.2) is 4.99 Å². The molecule has 0 aromatic rings. The summed E-state index contributed by atoms with van der Waals surface area (Å²) in [7, 11) is 0. The minimum absolute atomic E-state index is 0.214. The molecule has 0 unspecified atom stereocenters. The Bertz CT molecular complexity index is 299. The van der Waals surface area contributed by atoms with Gasteiger partial charge in [0, 0.05) is 19.6 Å². The van der Waals surface area contributed by atoms with Crippen molar-refractivity contribution in [2.24, 2.45) is 10.7 Å². The van der Waals surface area contributed by atoms with Crippen molar-refractivity contribution >= 4 is 11.7 Å². The summed E-state index contributed by atoms with van der Waals surface area (Å²) in [4.78, 5) is 6.18. The third-order valence-corrected chi connectivity index (χ3v) is 2.26. The molecule has 90 valence electrons. The van der Waals surface area contributed by atoms with Crippen molar-refractivity contribution in [3.05, 3.63) is 11.6 Å². The van der Waals surface area contributed by atoms with Crippen LogP contribution in [0.3, 0.4) is 0 Å². The second kappa shape index (κ2) is 6.40. The number of amidine groups is 2. The van der Waals surface area contributed by atoms with Gasteiger partial charge in [-0.05, 0) is 19.9 Å². The maximum absolute atomic E-state index is 7.58. The summed E-state index contributed by atoms with van der Waals surface area (Å²) in [6, 6.07) is 0. The van der Waals surface area contributed by atoms with Gasteiger partial charge in [-0.3, -0.25) is 10.3 Å². The molecule has 0 aromatic carbocycles. The van der Waals surface area contributed by atoms with E-state index >= 15 is 0 Å². The van der Waals surface area contributed by atoms with E-state index in [1.54, 1.807) is 13.0 Å². The van der Waals surface area contributed by atoms with Gasteiger partial charge in [0.25, 0.3) is 0 Å². The van der Waals surface area contributed by atoms with E-state index in [-0.39, 0.29) is 5.84 Å². The molecule has 0 radical (unpaired) electrons. The average molecular weight is 224 g/mol. The highest BCUT2D eigenvalue weighted by Gasteiger charge is 2.10. The first-order chi connectivity index (χ1) is 7.58. The van der Waals surface area contributed by atoms with E-state index in [4.69, 9.17) is 15.9 Å². The van der Waals surface area contributed by atoms with Gasteiger partial charge in [-0.15, -0.1) is 0 Å². The number of nitrogens with two attached hydrogens (primary N) is 1. The van der Waals surface area contributed by atoms with Crippen LogP contribution in [-0.2, 0) is 4.74 Å². The monoisotopic (exact) mass is 224 g/mol. The molecule has 0 saturated carbocycles. The zero-order chi connectivity index (χ0) is 12.0. The van der Waals surface area contributed by atoms with Gasteiger partial charge >= 0.3 is 0 Å². The molecule has 0 aromatic heterocycles. The summed E-state index contributed by atoms with van der Waals surface area (Å²) in [6.07, 6.45) is 1.76. The van der Waals surface area contributed by atoms with E-state index in [1.165, 1.54) is 0 Å². The van der Waals surface area contributed by atoms with Gasteiger partial charge in [-0.2, -0.15) is 0 Å². The Kier molecular flexibility index (Phi) is 5.14. The van der Waals surface area contributed by atoms with Crippen LogP contribution in [-0.4, -0.2) is 49.4 Å². The Hall–Kier alpha value is -1.20. The minimum atomic E-state index is 0.214. The van der Waals surface area contributed by atoms with Gasteiger partial charge < -0.3 is 10.5 Å². The predicted octanol–water partition coefficient (Wildman–Crippen LogP) is 0.619. The van der Waals surface area contributed by atoms with Crippen molar-refractivity contribution in [1.29, 1.82) is 5.41 Å². The van der Waals surface area contributed by atoms with Crippen molar-refractivity contribution in [2.75, 3.05) is 32.8 Å². The van der Waals surface area contributed by atoms with Crippen LogP contribution in [0.2, 0.25) is 0 Å². The Morgan fingerprint density at radius 1 is 1.44 bits per heavy atom. The lowest BCUT2D eigenvalue weighted by molar-refractivity contribution is 0.0423. The molecule has 0 amide bonds. The third-order valence-electron chi connectivity index (χ3n) is 2.26. The average Bonchev–Trinajstić information content (AvgIpc) is 2.17. The second-order valence-electron chi connectivity index (χ2n) is 4.02.